The third kappa shape index (κ3) is 4.46. The summed E-state index contributed by atoms with van der Waals surface area (Å²) in [7, 11) is 0. The topological polar surface area (TPSA) is 9.23 Å². The monoisotopic (exact) mass is 354 g/mol. The van der Waals surface area contributed by atoms with Crippen LogP contribution in [-0.4, -0.2) is 12.2 Å². The molecule has 1 saturated heterocycles. The van der Waals surface area contributed by atoms with Crippen LogP contribution in [0.2, 0.25) is 0 Å². The SMILES string of the molecule is C/C=C/CCC1CCC([C@H]2[C@H](C3CCC(CC)CC3)OC2(F)F)CC1. The number of hydrogen-bond donors (Lipinski definition) is 0. The lowest BCUT2D eigenvalue weighted by molar-refractivity contribution is -0.418. The van der Waals surface area contributed by atoms with Crippen LogP contribution in [0.1, 0.15) is 84.5 Å². The summed E-state index contributed by atoms with van der Waals surface area (Å²) in [4.78, 5) is 0. The first-order valence-corrected chi connectivity index (χ1v) is 10.7. The third-order valence-electron chi connectivity index (χ3n) is 7.35. The molecule has 25 heavy (non-hydrogen) atoms. The summed E-state index contributed by atoms with van der Waals surface area (Å²) in [5.41, 5.74) is 0. The van der Waals surface area contributed by atoms with Gasteiger partial charge in [0.15, 0.2) is 0 Å². The number of allylic oxidation sites excluding steroid dienone is 2. The first-order valence-electron chi connectivity index (χ1n) is 10.7. The highest BCUT2D eigenvalue weighted by Gasteiger charge is 2.62. The van der Waals surface area contributed by atoms with E-state index in [1.54, 1.807) is 0 Å². The summed E-state index contributed by atoms with van der Waals surface area (Å²) in [6, 6.07) is 0. The van der Waals surface area contributed by atoms with Crippen LogP contribution in [0.3, 0.4) is 0 Å². The molecule has 3 heteroatoms. The second-order valence-electron chi connectivity index (χ2n) is 8.79. The molecule has 0 aromatic heterocycles. The highest BCUT2D eigenvalue weighted by Crippen LogP contribution is 2.55. The zero-order chi connectivity index (χ0) is 17.9. The van der Waals surface area contributed by atoms with Crippen molar-refractivity contribution in [3.8, 4) is 0 Å². The summed E-state index contributed by atoms with van der Waals surface area (Å²) >= 11 is 0. The van der Waals surface area contributed by atoms with Crippen LogP contribution >= 0.6 is 0 Å². The Kier molecular flexibility index (Phi) is 6.57. The summed E-state index contributed by atoms with van der Waals surface area (Å²) in [5, 5.41) is 0. The van der Waals surface area contributed by atoms with Gasteiger partial charge in [-0.25, -0.2) is 0 Å². The Morgan fingerprint density at radius 1 is 0.920 bits per heavy atom. The predicted octanol–water partition coefficient (Wildman–Crippen LogP) is 6.97. The minimum atomic E-state index is -2.87. The summed E-state index contributed by atoms with van der Waals surface area (Å²) in [5.74, 6) is 1.59. The lowest BCUT2D eigenvalue weighted by Gasteiger charge is -2.53. The Morgan fingerprint density at radius 3 is 2.08 bits per heavy atom. The van der Waals surface area contributed by atoms with Crippen LogP contribution in [0.25, 0.3) is 0 Å². The molecule has 144 valence electrons. The second-order valence-corrected chi connectivity index (χ2v) is 8.79. The summed E-state index contributed by atoms with van der Waals surface area (Å²) in [6.07, 6.45) is 13.7. The maximum Gasteiger partial charge on any atom is 0.361 e. The summed E-state index contributed by atoms with van der Waals surface area (Å²) < 4.78 is 33.7. The average Bonchev–Trinajstić information content (AvgIpc) is 2.62. The Morgan fingerprint density at radius 2 is 1.52 bits per heavy atom. The van der Waals surface area contributed by atoms with Crippen LogP contribution in [0, 0.1) is 29.6 Å². The molecule has 3 aliphatic rings. The van der Waals surface area contributed by atoms with E-state index in [0.717, 1.165) is 56.8 Å². The van der Waals surface area contributed by atoms with Gasteiger partial charge in [0.05, 0.1) is 12.0 Å². The Hall–Kier alpha value is -0.440. The molecule has 0 aromatic rings. The Labute approximate surface area is 152 Å². The molecule has 2 aliphatic carbocycles. The molecule has 3 rings (SSSR count). The molecule has 1 heterocycles. The van der Waals surface area contributed by atoms with Gasteiger partial charge in [0.1, 0.15) is 0 Å². The number of hydrogen-bond acceptors (Lipinski definition) is 1. The van der Waals surface area contributed by atoms with E-state index in [-0.39, 0.29) is 12.0 Å². The van der Waals surface area contributed by atoms with Gasteiger partial charge in [-0.1, -0.05) is 51.2 Å². The van der Waals surface area contributed by atoms with E-state index < -0.39 is 12.0 Å². The van der Waals surface area contributed by atoms with Crippen molar-refractivity contribution in [3.63, 3.8) is 0 Å². The average molecular weight is 355 g/mol. The zero-order valence-corrected chi connectivity index (χ0v) is 16.1. The number of ether oxygens (including phenoxy) is 1. The lowest BCUT2D eigenvalue weighted by atomic mass is 9.66. The van der Waals surface area contributed by atoms with E-state index in [1.807, 2.05) is 0 Å². The number of rotatable bonds is 6. The van der Waals surface area contributed by atoms with Crippen LogP contribution in [0.15, 0.2) is 12.2 Å². The van der Waals surface area contributed by atoms with Gasteiger partial charge in [0.2, 0.25) is 0 Å². The normalized spacial score (nSPS) is 41.6. The summed E-state index contributed by atoms with van der Waals surface area (Å²) in [6.45, 7) is 4.31. The molecule has 0 bridgehead atoms. The minimum absolute atomic E-state index is 0.169. The highest BCUT2D eigenvalue weighted by molar-refractivity contribution is 4.98. The fourth-order valence-corrected chi connectivity index (χ4v) is 5.64. The van der Waals surface area contributed by atoms with Crippen LogP contribution in [0.5, 0.6) is 0 Å². The van der Waals surface area contributed by atoms with E-state index in [4.69, 9.17) is 4.74 Å². The number of halogens is 2. The van der Waals surface area contributed by atoms with Crippen molar-refractivity contribution in [1.82, 2.24) is 0 Å². The van der Waals surface area contributed by atoms with Gasteiger partial charge in [0, 0.05) is 0 Å². The van der Waals surface area contributed by atoms with Gasteiger partial charge < -0.3 is 4.74 Å². The quantitative estimate of drug-likeness (QED) is 0.468. The van der Waals surface area contributed by atoms with Crippen molar-refractivity contribution < 1.29 is 13.5 Å². The Balaban J connectivity index is 1.51. The van der Waals surface area contributed by atoms with Gasteiger partial charge in [0.25, 0.3) is 0 Å². The van der Waals surface area contributed by atoms with Gasteiger partial charge in [-0.2, -0.15) is 8.78 Å². The molecule has 0 spiro atoms. The lowest BCUT2D eigenvalue weighted by Crippen LogP contribution is -2.61. The molecular formula is C22H36F2O. The molecule has 2 atom stereocenters. The maximum absolute atomic E-state index is 14.2. The zero-order valence-electron chi connectivity index (χ0n) is 16.1. The van der Waals surface area contributed by atoms with E-state index in [1.165, 1.54) is 25.7 Å². The van der Waals surface area contributed by atoms with Gasteiger partial charge in [-0.05, 0) is 69.1 Å². The highest BCUT2D eigenvalue weighted by atomic mass is 19.3. The van der Waals surface area contributed by atoms with Gasteiger partial charge in [-0.15, -0.1) is 0 Å². The molecule has 2 saturated carbocycles. The standard InChI is InChI=1S/C22H36F2O/c1-3-5-6-7-17-10-12-18(13-11-17)20-21(25-22(20,23)24)19-14-8-16(4-2)9-15-19/h3,5,16-21H,4,6-15H2,1-2H3/b5-3+/t16?,17?,18?,19?,20-,21-/m0/s1. The van der Waals surface area contributed by atoms with Crippen molar-refractivity contribution in [2.24, 2.45) is 29.6 Å². The molecular weight excluding hydrogens is 318 g/mol. The first kappa shape index (κ1) is 19.3. The predicted molar refractivity (Wildman–Crippen MR) is 98.5 cm³/mol. The van der Waals surface area contributed by atoms with E-state index >= 15 is 0 Å². The fraction of sp³-hybridized carbons (Fsp3) is 0.909. The molecule has 1 nitrogen and oxygen atoms in total. The van der Waals surface area contributed by atoms with Gasteiger partial charge in [-0.3, -0.25) is 0 Å². The number of alkyl halides is 2. The third-order valence-corrected chi connectivity index (χ3v) is 7.35. The first-order chi connectivity index (χ1) is 12.0. The van der Waals surface area contributed by atoms with Crippen molar-refractivity contribution in [2.75, 3.05) is 0 Å². The van der Waals surface area contributed by atoms with Crippen LogP contribution in [0.4, 0.5) is 8.78 Å². The van der Waals surface area contributed by atoms with Crippen LogP contribution in [-0.2, 0) is 4.74 Å². The smallest absolute Gasteiger partial charge is 0.316 e. The molecule has 3 fully saturated rings. The maximum atomic E-state index is 14.2. The van der Waals surface area contributed by atoms with E-state index in [2.05, 4.69) is 26.0 Å². The molecule has 0 N–H and O–H groups in total. The van der Waals surface area contributed by atoms with E-state index in [0.29, 0.717) is 5.92 Å². The fourth-order valence-electron chi connectivity index (χ4n) is 5.64. The molecule has 0 unspecified atom stereocenters. The largest absolute Gasteiger partial charge is 0.361 e. The molecule has 0 radical (unpaired) electrons. The Bertz CT molecular complexity index is 431. The second kappa shape index (κ2) is 8.50. The minimum Gasteiger partial charge on any atom is -0.316 e. The van der Waals surface area contributed by atoms with Crippen molar-refractivity contribution in [3.05, 3.63) is 12.2 Å². The van der Waals surface area contributed by atoms with Crippen molar-refractivity contribution >= 4 is 0 Å². The van der Waals surface area contributed by atoms with Crippen LogP contribution < -0.4 is 0 Å². The molecule has 0 amide bonds. The molecule has 1 aliphatic heterocycles. The molecule has 0 aromatic carbocycles. The van der Waals surface area contributed by atoms with Crippen molar-refractivity contribution in [2.45, 2.75) is 96.7 Å². The van der Waals surface area contributed by atoms with Gasteiger partial charge >= 0.3 is 6.11 Å². The van der Waals surface area contributed by atoms with Crippen molar-refractivity contribution in [1.29, 1.82) is 0 Å². The van der Waals surface area contributed by atoms with E-state index in [9.17, 15) is 8.78 Å².